The molecule has 0 spiro atoms. The van der Waals surface area contributed by atoms with Gasteiger partial charge in [-0.1, -0.05) is 29.4 Å². The molecule has 0 saturated carbocycles. The number of rotatable bonds is 6. The maximum Gasteiger partial charge on any atom is 0.417 e. The molecule has 142 valence electrons. The minimum atomic E-state index is -4.53. The Morgan fingerprint density at radius 2 is 1.89 bits per heavy atom. The average Bonchev–Trinajstić information content (AvgIpc) is 2.65. The first-order valence-corrected chi connectivity index (χ1v) is 7.76. The molecule has 1 aromatic heterocycles. The fraction of sp³-hybridized carbons (Fsp3) is 0.222. The van der Waals surface area contributed by atoms with Crippen LogP contribution in [0.3, 0.4) is 0 Å². The molecule has 1 aromatic carbocycles. The number of ketones is 1. The van der Waals surface area contributed by atoms with Crippen LogP contribution in [0, 0.1) is 0 Å². The Bertz CT molecular complexity index is 862. The summed E-state index contributed by atoms with van der Waals surface area (Å²) in [6.45, 7) is 0. The van der Waals surface area contributed by atoms with Gasteiger partial charge in [0.25, 0.3) is 5.91 Å². The monoisotopic (exact) mass is 379 g/mol. The number of pyridine rings is 1. The van der Waals surface area contributed by atoms with Crippen molar-refractivity contribution in [2.45, 2.75) is 12.6 Å². The van der Waals surface area contributed by atoms with Gasteiger partial charge in [0, 0.05) is 25.2 Å². The Labute approximate surface area is 153 Å². The van der Waals surface area contributed by atoms with Crippen molar-refractivity contribution < 1.29 is 27.6 Å². The van der Waals surface area contributed by atoms with Crippen molar-refractivity contribution in [1.82, 2.24) is 10.3 Å². The Balaban J connectivity index is 2.31. The first-order valence-electron chi connectivity index (χ1n) is 7.76. The Hall–Kier alpha value is -3.23. The second-order valence-electron chi connectivity index (χ2n) is 5.39. The molecule has 1 amide bonds. The van der Waals surface area contributed by atoms with Gasteiger partial charge in [0.2, 0.25) is 0 Å². The van der Waals surface area contributed by atoms with Gasteiger partial charge in [-0.2, -0.15) is 13.2 Å². The smallest absolute Gasteiger partial charge is 0.398 e. The molecule has 0 radical (unpaired) electrons. The van der Waals surface area contributed by atoms with Crippen LogP contribution in [0.4, 0.5) is 13.2 Å². The van der Waals surface area contributed by atoms with Crippen molar-refractivity contribution in [2.75, 3.05) is 14.2 Å². The third kappa shape index (κ3) is 4.90. The van der Waals surface area contributed by atoms with E-state index in [1.165, 1.54) is 14.2 Å². The van der Waals surface area contributed by atoms with E-state index in [1.54, 1.807) is 24.3 Å². The minimum Gasteiger partial charge on any atom is -0.398 e. The summed E-state index contributed by atoms with van der Waals surface area (Å²) in [6.07, 6.45) is -4.09. The lowest BCUT2D eigenvalue weighted by atomic mass is 9.97. The molecular weight excluding hydrogens is 363 g/mol. The minimum absolute atomic E-state index is 0.0243. The zero-order valence-electron chi connectivity index (χ0n) is 14.5. The zero-order valence-corrected chi connectivity index (χ0v) is 14.5. The van der Waals surface area contributed by atoms with Crippen LogP contribution in [0.2, 0.25) is 0 Å². The van der Waals surface area contributed by atoms with E-state index in [0.29, 0.717) is 17.3 Å². The number of hydrogen-bond donors (Lipinski definition) is 1. The molecule has 0 fully saturated rings. The Morgan fingerprint density at radius 3 is 2.44 bits per heavy atom. The number of alkyl halides is 3. The van der Waals surface area contributed by atoms with E-state index in [1.807, 2.05) is 0 Å². The number of halogens is 3. The number of oxime groups is 1. The molecule has 0 aliphatic carbocycles. The van der Waals surface area contributed by atoms with Crippen molar-refractivity contribution in [3.63, 3.8) is 0 Å². The molecular formula is C18H16F3N3O3. The normalized spacial score (nSPS) is 11.8. The molecule has 1 N–H and O–H groups in total. The lowest BCUT2D eigenvalue weighted by Gasteiger charge is -2.11. The average molecular weight is 379 g/mol. The molecule has 0 unspecified atom stereocenters. The predicted octanol–water partition coefficient (Wildman–Crippen LogP) is 2.62. The molecule has 2 aromatic rings. The van der Waals surface area contributed by atoms with E-state index < -0.39 is 23.4 Å². The highest BCUT2D eigenvalue weighted by molar-refractivity contribution is 6.45. The van der Waals surface area contributed by atoms with E-state index >= 15 is 0 Å². The highest BCUT2D eigenvalue weighted by Crippen LogP contribution is 2.28. The highest BCUT2D eigenvalue weighted by Gasteiger charge is 2.31. The largest absolute Gasteiger partial charge is 0.417 e. The molecule has 6 nitrogen and oxygen atoms in total. The first-order chi connectivity index (χ1) is 12.8. The second-order valence-corrected chi connectivity index (χ2v) is 5.39. The van der Waals surface area contributed by atoms with Crippen LogP contribution in [0.1, 0.15) is 27.2 Å². The molecule has 9 heteroatoms. The van der Waals surface area contributed by atoms with Gasteiger partial charge in [-0.05, 0) is 17.7 Å². The van der Waals surface area contributed by atoms with Crippen LogP contribution in [0.5, 0.6) is 0 Å². The topological polar surface area (TPSA) is 80.6 Å². The number of Topliss-reactive ketones (excluding diaryl/α,β-unsaturated/α-hetero) is 1. The second kappa shape index (κ2) is 8.43. The van der Waals surface area contributed by atoms with Crippen LogP contribution in [-0.2, 0) is 22.2 Å². The summed E-state index contributed by atoms with van der Waals surface area (Å²) in [5, 5.41) is 6.12. The van der Waals surface area contributed by atoms with Gasteiger partial charge in [0.05, 0.1) is 5.56 Å². The maximum absolute atomic E-state index is 12.6. The molecule has 1 heterocycles. The number of benzene rings is 1. The summed E-state index contributed by atoms with van der Waals surface area (Å²) in [6, 6.07) is 8.36. The fourth-order valence-electron chi connectivity index (χ4n) is 2.32. The Kier molecular flexibility index (Phi) is 6.27. The molecule has 2 rings (SSSR count). The molecule has 0 atom stereocenters. The van der Waals surface area contributed by atoms with Crippen molar-refractivity contribution in [3.05, 3.63) is 65.0 Å². The number of hydrogen-bond acceptors (Lipinski definition) is 5. The molecule has 27 heavy (non-hydrogen) atoms. The summed E-state index contributed by atoms with van der Waals surface area (Å²) in [5.41, 5.74) is -0.233. The van der Waals surface area contributed by atoms with Crippen LogP contribution in [-0.4, -0.2) is 36.5 Å². The summed E-state index contributed by atoms with van der Waals surface area (Å²) in [4.78, 5) is 32.7. The molecule has 0 bridgehead atoms. The lowest BCUT2D eigenvalue weighted by molar-refractivity contribution is -0.137. The SMILES string of the molecule is CNC(=O)/C(=N/OC)c1ccccc1CC(=O)c1ccc(C(F)(F)F)cn1. The Morgan fingerprint density at radius 1 is 1.19 bits per heavy atom. The molecule has 0 aliphatic heterocycles. The van der Waals surface area contributed by atoms with E-state index in [2.05, 4.69) is 15.5 Å². The number of carbonyl (C=O) groups excluding carboxylic acids is 2. The van der Waals surface area contributed by atoms with Gasteiger partial charge in [-0.15, -0.1) is 0 Å². The number of amides is 1. The molecule has 0 saturated heterocycles. The third-order valence-corrected chi connectivity index (χ3v) is 3.62. The number of aromatic nitrogens is 1. The van der Waals surface area contributed by atoms with Gasteiger partial charge < -0.3 is 10.2 Å². The number of carbonyl (C=O) groups is 2. The summed E-state index contributed by atoms with van der Waals surface area (Å²) in [7, 11) is 2.70. The van der Waals surface area contributed by atoms with E-state index in [9.17, 15) is 22.8 Å². The maximum atomic E-state index is 12.6. The van der Waals surface area contributed by atoms with Crippen LogP contribution in [0.15, 0.2) is 47.8 Å². The quantitative estimate of drug-likeness (QED) is 0.475. The number of nitrogens with zero attached hydrogens (tertiary/aromatic N) is 2. The van der Waals surface area contributed by atoms with Crippen LogP contribution >= 0.6 is 0 Å². The van der Waals surface area contributed by atoms with E-state index in [0.717, 1.165) is 12.1 Å². The van der Waals surface area contributed by atoms with Crippen molar-refractivity contribution >= 4 is 17.4 Å². The zero-order chi connectivity index (χ0) is 20.0. The summed E-state index contributed by atoms with van der Waals surface area (Å²) in [5.74, 6) is -1.01. The first kappa shape index (κ1) is 20.1. The fourth-order valence-corrected chi connectivity index (χ4v) is 2.32. The number of likely N-dealkylation sites (N-methyl/N-ethyl adjacent to an activating group) is 1. The van der Waals surface area contributed by atoms with E-state index in [-0.39, 0.29) is 17.8 Å². The van der Waals surface area contributed by atoms with Gasteiger partial charge in [-0.3, -0.25) is 14.6 Å². The van der Waals surface area contributed by atoms with Gasteiger partial charge >= 0.3 is 6.18 Å². The van der Waals surface area contributed by atoms with Crippen molar-refractivity contribution in [3.8, 4) is 0 Å². The molecule has 0 aliphatic rings. The van der Waals surface area contributed by atoms with Crippen molar-refractivity contribution in [2.24, 2.45) is 5.16 Å². The van der Waals surface area contributed by atoms with Crippen molar-refractivity contribution in [1.29, 1.82) is 0 Å². The van der Waals surface area contributed by atoms with Gasteiger partial charge in [0.1, 0.15) is 12.8 Å². The summed E-state index contributed by atoms with van der Waals surface area (Å²) >= 11 is 0. The summed E-state index contributed by atoms with van der Waals surface area (Å²) < 4.78 is 37.8. The third-order valence-electron chi connectivity index (χ3n) is 3.62. The lowest BCUT2D eigenvalue weighted by Crippen LogP contribution is -2.29. The number of nitrogens with one attached hydrogen (secondary N) is 1. The van der Waals surface area contributed by atoms with Gasteiger partial charge in [0.15, 0.2) is 11.5 Å². The standard InChI is InChI=1S/C18H16F3N3O3/c1-22-17(26)16(24-27-2)13-6-4-3-5-11(13)9-15(25)14-8-7-12(10-23-14)18(19,20)21/h3-8,10H,9H2,1-2H3,(H,22,26)/b24-16+. The van der Waals surface area contributed by atoms with Crippen LogP contribution in [0.25, 0.3) is 0 Å². The van der Waals surface area contributed by atoms with E-state index in [4.69, 9.17) is 4.84 Å². The van der Waals surface area contributed by atoms with Crippen LogP contribution < -0.4 is 5.32 Å². The van der Waals surface area contributed by atoms with Gasteiger partial charge in [-0.25, -0.2) is 0 Å². The highest BCUT2D eigenvalue weighted by atomic mass is 19.4. The predicted molar refractivity (Wildman–Crippen MR) is 91.3 cm³/mol.